The molecule has 5 rings (SSSR count). The summed E-state index contributed by atoms with van der Waals surface area (Å²) < 4.78 is 0. The number of carbonyl (C=O) groups excluding carboxylic acids is 3. The van der Waals surface area contributed by atoms with Crippen LogP contribution in [0.1, 0.15) is 69.8 Å². The van der Waals surface area contributed by atoms with E-state index in [2.05, 4.69) is 15.2 Å². The molecule has 2 aromatic rings. The Labute approximate surface area is 194 Å². The van der Waals surface area contributed by atoms with Crippen LogP contribution in [-0.2, 0) is 16.0 Å². The van der Waals surface area contributed by atoms with Gasteiger partial charge in [-0.3, -0.25) is 14.5 Å². The van der Waals surface area contributed by atoms with Gasteiger partial charge < -0.3 is 15.2 Å². The number of amides is 4. The Balaban J connectivity index is 1.29. The summed E-state index contributed by atoms with van der Waals surface area (Å²) in [5.41, 5.74) is 2.00. The molecule has 1 saturated heterocycles. The highest BCUT2D eigenvalue weighted by molar-refractivity contribution is 6.06. The number of nitrogens with zero attached hydrogens (tertiary/aromatic N) is 2. The number of aromatic amines is 1. The van der Waals surface area contributed by atoms with Crippen molar-refractivity contribution in [3.8, 4) is 0 Å². The number of nitrogens with one attached hydrogen (secondary N) is 2. The Morgan fingerprint density at radius 1 is 0.939 bits per heavy atom. The average molecular weight is 451 g/mol. The number of para-hydroxylation sites is 1. The molecule has 1 aliphatic heterocycles. The van der Waals surface area contributed by atoms with E-state index in [-0.39, 0.29) is 30.4 Å². The van der Waals surface area contributed by atoms with Gasteiger partial charge in [0.05, 0.1) is 0 Å². The third kappa shape index (κ3) is 4.50. The third-order valence-corrected chi connectivity index (χ3v) is 7.72. The van der Waals surface area contributed by atoms with E-state index in [1.54, 1.807) is 0 Å². The largest absolute Gasteiger partial charge is 0.361 e. The third-order valence-electron chi connectivity index (χ3n) is 7.72. The van der Waals surface area contributed by atoms with Gasteiger partial charge in [-0.2, -0.15) is 0 Å². The van der Waals surface area contributed by atoms with E-state index in [9.17, 15) is 14.4 Å². The van der Waals surface area contributed by atoms with Crippen LogP contribution >= 0.6 is 0 Å². The van der Waals surface area contributed by atoms with Crippen LogP contribution in [0.15, 0.2) is 30.5 Å². The van der Waals surface area contributed by atoms with Crippen LogP contribution < -0.4 is 5.32 Å². The molecule has 1 aromatic carbocycles. The average Bonchev–Trinajstić information content (AvgIpc) is 3.37. The number of rotatable bonds is 6. The molecule has 2 N–H and O–H groups in total. The predicted molar refractivity (Wildman–Crippen MR) is 127 cm³/mol. The van der Waals surface area contributed by atoms with Crippen LogP contribution in [0.5, 0.6) is 0 Å². The second-order valence-corrected chi connectivity index (χ2v) is 9.87. The van der Waals surface area contributed by atoms with E-state index in [0.717, 1.165) is 72.7 Å². The Bertz CT molecular complexity index is 1000. The maximum Gasteiger partial charge on any atom is 0.325 e. The van der Waals surface area contributed by atoms with E-state index in [4.69, 9.17) is 0 Å². The number of hydrogen-bond acceptors (Lipinski definition) is 3. The number of benzene rings is 1. The fourth-order valence-corrected chi connectivity index (χ4v) is 6.03. The van der Waals surface area contributed by atoms with Crippen molar-refractivity contribution in [1.82, 2.24) is 20.1 Å². The second kappa shape index (κ2) is 9.57. The zero-order valence-electron chi connectivity index (χ0n) is 19.2. The Morgan fingerprint density at radius 2 is 1.58 bits per heavy atom. The van der Waals surface area contributed by atoms with Crippen molar-refractivity contribution in [2.24, 2.45) is 0 Å². The van der Waals surface area contributed by atoms with Crippen molar-refractivity contribution in [2.45, 2.75) is 88.8 Å². The van der Waals surface area contributed by atoms with Gasteiger partial charge in [0.2, 0.25) is 5.91 Å². The summed E-state index contributed by atoms with van der Waals surface area (Å²) in [6, 6.07) is 7.33. The molecule has 2 saturated carbocycles. The van der Waals surface area contributed by atoms with Crippen molar-refractivity contribution < 1.29 is 14.4 Å². The van der Waals surface area contributed by atoms with Gasteiger partial charge in [0.15, 0.2) is 0 Å². The van der Waals surface area contributed by atoms with Gasteiger partial charge in [-0.05, 0) is 37.3 Å². The first-order valence-corrected chi connectivity index (χ1v) is 12.6. The molecule has 3 aliphatic rings. The number of aromatic nitrogens is 1. The SMILES string of the molecule is O=C1N[C@@H](Cc2c[nH]c3ccccc23)C(=O)N1CC(=O)N(C1CCCCC1)C1CCCCC1. The quantitative estimate of drug-likeness (QED) is 0.649. The summed E-state index contributed by atoms with van der Waals surface area (Å²) in [6.45, 7) is -0.151. The van der Waals surface area contributed by atoms with Crippen molar-refractivity contribution >= 4 is 28.7 Å². The van der Waals surface area contributed by atoms with Crippen molar-refractivity contribution in [2.75, 3.05) is 6.54 Å². The molecule has 0 bridgehead atoms. The Hall–Kier alpha value is -2.83. The summed E-state index contributed by atoms with van der Waals surface area (Å²) in [5.74, 6) is -0.365. The highest BCUT2D eigenvalue weighted by Gasteiger charge is 2.41. The summed E-state index contributed by atoms with van der Waals surface area (Å²) in [5, 5.41) is 3.86. The van der Waals surface area contributed by atoms with E-state index < -0.39 is 12.1 Å². The highest BCUT2D eigenvalue weighted by atomic mass is 16.2. The Morgan fingerprint density at radius 3 is 2.24 bits per heavy atom. The van der Waals surface area contributed by atoms with Gasteiger partial charge >= 0.3 is 6.03 Å². The topological polar surface area (TPSA) is 85.5 Å². The van der Waals surface area contributed by atoms with Crippen LogP contribution in [0.3, 0.4) is 0 Å². The zero-order valence-corrected chi connectivity index (χ0v) is 19.2. The number of carbonyl (C=O) groups is 3. The molecule has 2 aliphatic carbocycles. The van der Waals surface area contributed by atoms with Gasteiger partial charge in [0.1, 0.15) is 12.6 Å². The number of fused-ring (bicyclic) bond motifs is 1. The summed E-state index contributed by atoms with van der Waals surface area (Å²) in [4.78, 5) is 45.8. The minimum absolute atomic E-state index is 0.0648. The molecule has 0 radical (unpaired) electrons. The molecular formula is C26H34N4O3. The highest BCUT2D eigenvalue weighted by Crippen LogP contribution is 2.31. The maximum absolute atomic E-state index is 13.5. The molecule has 33 heavy (non-hydrogen) atoms. The summed E-state index contributed by atoms with van der Waals surface area (Å²) in [7, 11) is 0. The van der Waals surface area contributed by atoms with Crippen LogP contribution in [0.25, 0.3) is 10.9 Å². The molecule has 0 spiro atoms. The predicted octanol–water partition coefficient (Wildman–Crippen LogP) is 4.12. The van der Waals surface area contributed by atoms with Gasteiger partial charge in [-0.1, -0.05) is 56.7 Å². The molecular weight excluding hydrogens is 416 g/mol. The first kappa shape index (κ1) is 22.0. The van der Waals surface area contributed by atoms with E-state index in [1.807, 2.05) is 30.5 Å². The molecule has 2 heterocycles. The Kier molecular flexibility index (Phi) is 6.38. The molecule has 1 aromatic heterocycles. The first-order valence-electron chi connectivity index (χ1n) is 12.6. The van der Waals surface area contributed by atoms with Gasteiger partial charge in [-0.15, -0.1) is 0 Å². The second-order valence-electron chi connectivity index (χ2n) is 9.87. The summed E-state index contributed by atoms with van der Waals surface area (Å²) in [6.07, 6.45) is 13.5. The van der Waals surface area contributed by atoms with E-state index >= 15 is 0 Å². The zero-order chi connectivity index (χ0) is 22.8. The van der Waals surface area contributed by atoms with Crippen molar-refractivity contribution in [3.63, 3.8) is 0 Å². The van der Waals surface area contributed by atoms with Gasteiger partial charge in [-0.25, -0.2) is 4.79 Å². The lowest BCUT2D eigenvalue weighted by molar-refractivity contribution is -0.142. The minimum Gasteiger partial charge on any atom is -0.361 e. The number of hydrogen-bond donors (Lipinski definition) is 2. The van der Waals surface area contributed by atoms with Crippen LogP contribution in [0.2, 0.25) is 0 Å². The summed E-state index contributed by atoms with van der Waals surface area (Å²) >= 11 is 0. The molecule has 1 atom stereocenters. The smallest absolute Gasteiger partial charge is 0.325 e. The lowest BCUT2D eigenvalue weighted by Gasteiger charge is -2.42. The lowest BCUT2D eigenvalue weighted by atomic mass is 9.88. The number of H-pyrrole nitrogens is 1. The van der Waals surface area contributed by atoms with Crippen molar-refractivity contribution in [1.29, 1.82) is 0 Å². The van der Waals surface area contributed by atoms with Crippen LogP contribution in [0.4, 0.5) is 4.79 Å². The molecule has 7 heteroatoms. The fourth-order valence-electron chi connectivity index (χ4n) is 6.03. The maximum atomic E-state index is 13.5. The normalized spacial score (nSPS) is 22.7. The standard InChI is InChI=1S/C26H34N4O3/c31-24(30(19-9-3-1-4-10-19)20-11-5-2-6-12-20)17-29-25(32)23(28-26(29)33)15-18-16-27-22-14-8-7-13-21(18)22/h7-8,13-14,16,19-20,23,27H,1-6,9-12,15,17H2,(H,28,33)/t23-/m0/s1. The number of urea groups is 1. The molecule has 4 amide bonds. The lowest BCUT2D eigenvalue weighted by Crippen LogP contribution is -2.52. The van der Waals surface area contributed by atoms with E-state index in [1.165, 1.54) is 12.8 Å². The molecule has 3 fully saturated rings. The van der Waals surface area contributed by atoms with E-state index in [0.29, 0.717) is 6.42 Å². The monoisotopic (exact) mass is 450 g/mol. The van der Waals surface area contributed by atoms with Crippen LogP contribution in [-0.4, -0.2) is 57.3 Å². The minimum atomic E-state index is -0.637. The van der Waals surface area contributed by atoms with Gasteiger partial charge in [0.25, 0.3) is 5.91 Å². The first-order chi connectivity index (χ1) is 16.1. The fraction of sp³-hybridized carbons (Fsp3) is 0.577. The van der Waals surface area contributed by atoms with Crippen LogP contribution in [0, 0.1) is 0 Å². The molecule has 176 valence electrons. The molecule has 7 nitrogen and oxygen atoms in total. The van der Waals surface area contributed by atoms with Gasteiger partial charge in [0, 0.05) is 35.6 Å². The molecule has 0 unspecified atom stereocenters. The van der Waals surface area contributed by atoms with Crippen molar-refractivity contribution in [3.05, 3.63) is 36.0 Å². The number of imide groups is 1.